The summed E-state index contributed by atoms with van der Waals surface area (Å²) in [6.45, 7) is 1.36. The summed E-state index contributed by atoms with van der Waals surface area (Å²) in [5.74, 6) is 1.27. The lowest BCUT2D eigenvalue weighted by Gasteiger charge is -2.38. The number of nitrogens with one attached hydrogen (secondary N) is 2. The van der Waals surface area contributed by atoms with Gasteiger partial charge in [-0.25, -0.2) is 26.5 Å². The van der Waals surface area contributed by atoms with Crippen LogP contribution in [0.5, 0.6) is 17.4 Å². The number of nitrogens with zero attached hydrogens (tertiary/aromatic N) is 2. The summed E-state index contributed by atoms with van der Waals surface area (Å²) in [5.41, 5.74) is -0.421. The highest BCUT2D eigenvalue weighted by Gasteiger charge is 2.44. The molecule has 0 radical (unpaired) electrons. The third kappa shape index (κ3) is 7.70. The summed E-state index contributed by atoms with van der Waals surface area (Å²) >= 11 is 0. The number of piperidine rings is 1. The Morgan fingerprint density at radius 2 is 1.77 bits per heavy atom. The number of aliphatic hydroxyl groups is 1. The highest BCUT2D eigenvalue weighted by atomic mass is 32.2. The Labute approximate surface area is 252 Å². The molecule has 14 heteroatoms. The van der Waals surface area contributed by atoms with Gasteiger partial charge in [-0.1, -0.05) is 24.3 Å². The Morgan fingerprint density at radius 1 is 1.02 bits per heavy atom. The number of aliphatic hydroxyl groups excluding tert-OH is 1. The van der Waals surface area contributed by atoms with Crippen LogP contribution in [0.4, 0.5) is 0 Å². The summed E-state index contributed by atoms with van der Waals surface area (Å²) < 4.78 is 71.7. The Kier molecular flexibility index (Phi) is 9.66. The van der Waals surface area contributed by atoms with Gasteiger partial charge in [-0.15, -0.1) is 0 Å². The van der Waals surface area contributed by atoms with Gasteiger partial charge in [0.2, 0.25) is 25.9 Å². The summed E-state index contributed by atoms with van der Waals surface area (Å²) in [4.78, 5) is 4.37. The molecule has 3 heterocycles. The molecule has 1 aromatic heterocycles. The molecule has 0 bridgehead atoms. The van der Waals surface area contributed by atoms with E-state index in [0.29, 0.717) is 56.3 Å². The zero-order valence-corrected chi connectivity index (χ0v) is 25.4. The van der Waals surface area contributed by atoms with Crippen LogP contribution < -0.4 is 19.5 Å². The van der Waals surface area contributed by atoms with Gasteiger partial charge in [-0.2, -0.15) is 4.31 Å². The molecule has 232 valence electrons. The average molecular weight is 633 g/mol. The number of aromatic nitrogens is 1. The maximum absolute atomic E-state index is 13.3. The molecule has 12 nitrogen and oxygen atoms in total. The maximum Gasteiger partial charge on any atom is 0.244 e. The van der Waals surface area contributed by atoms with Crippen molar-refractivity contribution in [3.8, 4) is 17.4 Å². The number of ether oxygens (including phenoxy) is 3. The number of hydrogen-bond donors (Lipinski definition) is 3. The Balaban J connectivity index is 1.07. The van der Waals surface area contributed by atoms with Crippen LogP contribution in [0.2, 0.25) is 0 Å². The molecular formula is C29H36N4O8S2. The fourth-order valence-electron chi connectivity index (χ4n) is 5.20. The van der Waals surface area contributed by atoms with Crippen molar-refractivity contribution in [1.82, 2.24) is 19.3 Å². The van der Waals surface area contributed by atoms with Crippen LogP contribution in [-0.2, 0) is 24.8 Å². The summed E-state index contributed by atoms with van der Waals surface area (Å²) in [6, 6.07) is 18.3. The Hall–Kier alpha value is -3.11. The standard InChI is InChI=1S/C29H36N4O8S2/c1-30-42(35,36)26-9-5-8-25(16-26)39-21-23(34)18-31-22-17-29(40-20-22)12-14-33(15-13-29)43(37,38)27-10-11-28(32-19-27)41-24-6-3-2-4-7-24/h2-11,16,19,22-23,30-31,34H,12-15,17-18,20-21H2,1H3/t22?,23-/m0/s1. The van der Waals surface area contributed by atoms with Crippen LogP contribution >= 0.6 is 0 Å². The van der Waals surface area contributed by atoms with Crippen molar-refractivity contribution in [3.05, 3.63) is 72.9 Å². The first-order valence-corrected chi connectivity index (χ1v) is 16.9. The molecule has 5 rings (SSSR count). The molecule has 3 N–H and O–H groups in total. The predicted octanol–water partition coefficient (Wildman–Crippen LogP) is 2.12. The Morgan fingerprint density at radius 3 is 2.47 bits per heavy atom. The van der Waals surface area contributed by atoms with E-state index < -0.39 is 31.8 Å². The van der Waals surface area contributed by atoms with Crippen molar-refractivity contribution in [2.24, 2.45) is 0 Å². The number of para-hydroxylation sites is 1. The fourth-order valence-corrected chi connectivity index (χ4v) is 7.35. The van der Waals surface area contributed by atoms with E-state index in [2.05, 4.69) is 15.0 Å². The molecule has 0 amide bonds. The quantitative estimate of drug-likeness (QED) is 0.270. The minimum absolute atomic E-state index is 0.00302. The van der Waals surface area contributed by atoms with Gasteiger partial charge < -0.3 is 24.6 Å². The first kappa shape index (κ1) is 31.3. The third-order valence-electron chi connectivity index (χ3n) is 7.62. The molecule has 2 saturated heterocycles. The highest BCUT2D eigenvalue weighted by Crippen LogP contribution is 2.37. The lowest BCUT2D eigenvalue weighted by Crippen LogP contribution is -2.47. The SMILES string of the molecule is CNS(=O)(=O)c1cccc(OC[C@@H](O)CNC2COC3(CCN(S(=O)(=O)c4ccc(Oc5ccccc5)nc4)CC3)C2)c1. The molecule has 2 atom stereocenters. The first-order chi connectivity index (χ1) is 20.6. The predicted molar refractivity (Wildman–Crippen MR) is 158 cm³/mol. The van der Waals surface area contributed by atoms with Crippen molar-refractivity contribution in [3.63, 3.8) is 0 Å². The normalized spacial score (nSPS) is 19.7. The number of rotatable bonds is 12. The molecular weight excluding hydrogens is 596 g/mol. The van der Waals surface area contributed by atoms with E-state index >= 15 is 0 Å². The summed E-state index contributed by atoms with van der Waals surface area (Å²) in [5, 5.41) is 13.7. The summed E-state index contributed by atoms with van der Waals surface area (Å²) in [6.07, 6.45) is 2.31. The van der Waals surface area contributed by atoms with Crippen LogP contribution in [0.15, 0.2) is 82.7 Å². The molecule has 0 aliphatic carbocycles. The van der Waals surface area contributed by atoms with E-state index in [1.807, 2.05) is 18.2 Å². The highest BCUT2D eigenvalue weighted by molar-refractivity contribution is 7.89. The first-order valence-electron chi connectivity index (χ1n) is 14.0. The van der Waals surface area contributed by atoms with E-state index in [9.17, 15) is 21.9 Å². The van der Waals surface area contributed by atoms with Crippen LogP contribution in [0.1, 0.15) is 19.3 Å². The van der Waals surface area contributed by atoms with Crippen molar-refractivity contribution in [2.75, 3.05) is 39.9 Å². The number of hydrogen-bond acceptors (Lipinski definition) is 10. The minimum atomic E-state index is -3.71. The lowest BCUT2D eigenvalue weighted by molar-refractivity contribution is -0.0312. The van der Waals surface area contributed by atoms with Gasteiger partial charge >= 0.3 is 0 Å². The fraction of sp³-hybridized carbons (Fsp3) is 0.414. The number of sulfonamides is 2. The second-order valence-corrected chi connectivity index (χ2v) is 14.4. The van der Waals surface area contributed by atoms with Gasteiger partial charge in [0, 0.05) is 37.8 Å². The van der Waals surface area contributed by atoms with Crippen LogP contribution in [0.25, 0.3) is 0 Å². The topological polar surface area (TPSA) is 156 Å². The van der Waals surface area contributed by atoms with Gasteiger partial charge in [0.05, 0.1) is 23.3 Å². The molecule has 0 saturated carbocycles. The monoisotopic (exact) mass is 632 g/mol. The van der Waals surface area contributed by atoms with E-state index in [1.54, 1.807) is 30.3 Å². The van der Waals surface area contributed by atoms with Gasteiger partial charge in [-0.05, 0) is 56.6 Å². The molecule has 1 spiro atoms. The maximum atomic E-state index is 13.3. The molecule has 2 aliphatic rings. The van der Waals surface area contributed by atoms with Crippen LogP contribution in [-0.4, -0.2) is 88.9 Å². The molecule has 1 unspecified atom stereocenters. The lowest BCUT2D eigenvalue weighted by atomic mass is 9.88. The second-order valence-electron chi connectivity index (χ2n) is 10.6. The smallest absolute Gasteiger partial charge is 0.244 e. The van der Waals surface area contributed by atoms with Gasteiger partial charge in [0.25, 0.3) is 0 Å². The molecule has 2 aliphatic heterocycles. The molecule has 3 aromatic rings. The van der Waals surface area contributed by atoms with Crippen molar-refractivity contribution in [1.29, 1.82) is 0 Å². The molecule has 2 aromatic carbocycles. The zero-order chi connectivity index (χ0) is 30.5. The van der Waals surface area contributed by atoms with Crippen molar-refractivity contribution < 1.29 is 36.2 Å². The zero-order valence-electron chi connectivity index (χ0n) is 23.8. The largest absolute Gasteiger partial charge is 0.491 e. The van der Waals surface area contributed by atoms with Gasteiger partial charge in [0.1, 0.15) is 29.1 Å². The van der Waals surface area contributed by atoms with Crippen molar-refractivity contribution in [2.45, 2.75) is 46.8 Å². The van der Waals surface area contributed by atoms with Gasteiger partial charge in [0.15, 0.2) is 0 Å². The van der Waals surface area contributed by atoms with Gasteiger partial charge in [-0.3, -0.25) is 0 Å². The third-order valence-corrected chi connectivity index (χ3v) is 10.9. The minimum Gasteiger partial charge on any atom is -0.491 e. The summed E-state index contributed by atoms with van der Waals surface area (Å²) in [7, 11) is -5.97. The van der Waals surface area contributed by atoms with Crippen molar-refractivity contribution >= 4 is 20.0 Å². The van der Waals surface area contributed by atoms with E-state index in [0.717, 1.165) is 0 Å². The Bertz CT molecular complexity index is 1580. The van der Waals surface area contributed by atoms with E-state index in [1.165, 1.54) is 35.7 Å². The molecule has 2 fully saturated rings. The van der Waals surface area contributed by atoms with E-state index in [-0.39, 0.29) is 29.0 Å². The average Bonchev–Trinajstić information content (AvgIpc) is 3.42. The number of benzene rings is 2. The van der Waals surface area contributed by atoms with Crippen LogP contribution in [0, 0.1) is 0 Å². The second kappa shape index (κ2) is 13.3. The molecule has 43 heavy (non-hydrogen) atoms. The van der Waals surface area contributed by atoms with Crippen LogP contribution in [0.3, 0.4) is 0 Å². The van der Waals surface area contributed by atoms with E-state index in [4.69, 9.17) is 14.2 Å². The number of pyridine rings is 1.